The van der Waals surface area contributed by atoms with Gasteiger partial charge in [-0.25, -0.2) is 0 Å². The molecule has 0 aromatic carbocycles. The van der Waals surface area contributed by atoms with Crippen molar-refractivity contribution >= 4 is 0 Å². The molecule has 0 amide bonds. The predicted octanol–water partition coefficient (Wildman–Crippen LogP) is 7.18. The summed E-state index contributed by atoms with van der Waals surface area (Å²) in [6, 6.07) is 0. The predicted molar refractivity (Wildman–Crippen MR) is 100 cm³/mol. The summed E-state index contributed by atoms with van der Waals surface area (Å²) < 4.78 is 0. The van der Waals surface area contributed by atoms with Crippen LogP contribution in [0.1, 0.15) is 117 Å². The molecule has 132 valence electrons. The highest BCUT2D eigenvalue weighted by Crippen LogP contribution is 2.12. The topological polar surface area (TPSA) is 20.2 Å². The molecular formula is C21H42O. The molecule has 0 saturated heterocycles. The van der Waals surface area contributed by atoms with Gasteiger partial charge in [-0.15, -0.1) is 0 Å². The second-order valence-corrected chi connectivity index (χ2v) is 6.93. The normalized spacial score (nSPS) is 13.0. The van der Waals surface area contributed by atoms with Crippen LogP contribution in [0.3, 0.4) is 0 Å². The van der Waals surface area contributed by atoms with E-state index >= 15 is 0 Å². The van der Waals surface area contributed by atoms with Gasteiger partial charge >= 0.3 is 0 Å². The fourth-order valence-corrected chi connectivity index (χ4v) is 2.86. The highest BCUT2D eigenvalue weighted by molar-refractivity contribution is 4.81. The fraction of sp³-hybridized carbons (Fsp3) is 0.905. The maximum atomic E-state index is 9.17. The number of unbranched alkanes of at least 4 members (excludes halogenated alkanes) is 13. The molecule has 1 heteroatoms. The Kier molecular flexibility index (Phi) is 18.5. The zero-order valence-electron chi connectivity index (χ0n) is 15.5. The summed E-state index contributed by atoms with van der Waals surface area (Å²) in [5.41, 5.74) is 0. The van der Waals surface area contributed by atoms with Crippen LogP contribution in [0.5, 0.6) is 0 Å². The largest absolute Gasteiger partial charge is 0.393 e. The van der Waals surface area contributed by atoms with Crippen molar-refractivity contribution in [1.29, 1.82) is 0 Å². The van der Waals surface area contributed by atoms with Gasteiger partial charge in [0.05, 0.1) is 6.10 Å². The maximum absolute atomic E-state index is 9.17. The third kappa shape index (κ3) is 19.7. The lowest BCUT2D eigenvalue weighted by Crippen LogP contribution is -1.98. The number of rotatable bonds is 17. The summed E-state index contributed by atoms with van der Waals surface area (Å²) in [5.74, 6) is 0. The number of aliphatic hydroxyl groups excluding tert-OH is 1. The molecule has 0 bridgehead atoms. The Morgan fingerprint density at radius 2 is 1.05 bits per heavy atom. The van der Waals surface area contributed by atoms with Gasteiger partial charge in [0.25, 0.3) is 0 Å². The first-order valence-corrected chi connectivity index (χ1v) is 10.1. The molecule has 0 aromatic heterocycles. The van der Waals surface area contributed by atoms with Gasteiger partial charge in [0.15, 0.2) is 0 Å². The molecule has 22 heavy (non-hydrogen) atoms. The van der Waals surface area contributed by atoms with Gasteiger partial charge in [-0.2, -0.15) is 0 Å². The van der Waals surface area contributed by atoms with Gasteiger partial charge < -0.3 is 5.11 Å². The number of allylic oxidation sites excluding steroid dienone is 2. The summed E-state index contributed by atoms with van der Waals surface area (Å²) >= 11 is 0. The first kappa shape index (κ1) is 21.7. The van der Waals surface area contributed by atoms with Crippen LogP contribution in [0.4, 0.5) is 0 Å². The molecule has 0 radical (unpaired) electrons. The molecule has 0 aliphatic heterocycles. The summed E-state index contributed by atoms with van der Waals surface area (Å²) in [6.07, 6.45) is 26.0. The van der Waals surface area contributed by atoms with Crippen LogP contribution in [-0.4, -0.2) is 11.2 Å². The lowest BCUT2D eigenvalue weighted by molar-refractivity contribution is 0.180. The van der Waals surface area contributed by atoms with E-state index in [4.69, 9.17) is 0 Å². The lowest BCUT2D eigenvalue weighted by atomic mass is 10.0. The molecule has 0 spiro atoms. The van der Waals surface area contributed by atoms with Crippen molar-refractivity contribution in [2.24, 2.45) is 0 Å². The van der Waals surface area contributed by atoms with Crippen LogP contribution in [0.2, 0.25) is 0 Å². The second kappa shape index (κ2) is 18.7. The van der Waals surface area contributed by atoms with Crippen LogP contribution in [0.25, 0.3) is 0 Å². The molecule has 0 heterocycles. The third-order valence-corrected chi connectivity index (χ3v) is 4.38. The Bertz CT molecular complexity index is 220. The average molecular weight is 311 g/mol. The van der Waals surface area contributed by atoms with E-state index in [-0.39, 0.29) is 6.10 Å². The lowest BCUT2D eigenvalue weighted by Gasteiger charge is -2.04. The van der Waals surface area contributed by atoms with Crippen molar-refractivity contribution in [2.45, 2.75) is 123 Å². The molecule has 0 aliphatic rings. The van der Waals surface area contributed by atoms with Crippen molar-refractivity contribution in [3.05, 3.63) is 12.2 Å². The molecular weight excluding hydrogens is 268 g/mol. The van der Waals surface area contributed by atoms with E-state index in [0.29, 0.717) is 0 Å². The summed E-state index contributed by atoms with van der Waals surface area (Å²) in [4.78, 5) is 0. The average Bonchev–Trinajstić information content (AvgIpc) is 2.50. The molecule has 1 N–H and O–H groups in total. The maximum Gasteiger partial charge on any atom is 0.0512 e. The van der Waals surface area contributed by atoms with E-state index in [0.717, 1.165) is 6.42 Å². The first-order chi connectivity index (χ1) is 10.8. The van der Waals surface area contributed by atoms with E-state index in [1.165, 1.54) is 96.3 Å². The third-order valence-electron chi connectivity index (χ3n) is 4.38. The Morgan fingerprint density at radius 3 is 1.50 bits per heavy atom. The SMILES string of the molecule is CCCCC/C=C\CCCCCCCCCCCCC(C)O. The van der Waals surface area contributed by atoms with Crippen molar-refractivity contribution in [2.75, 3.05) is 0 Å². The van der Waals surface area contributed by atoms with Gasteiger partial charge in [-0.3, -0.25) is 0 Å². The zero-order chi connectivity index (χ0) is 16.3. The minimum absolute atomic E-state index is 0.105. The van der Waals surface area contributed by atoms with Crippen molar-refractivity contribution in [3.63, 3.8) is 0 Å². The number of aliphatic hydroxyl groups is 1. The highest BCUT2D eigenvalue weighted by atomic mass is 16.3. The van der Waals surface area contributed by atoms with Crippen LogP contribution < -0.4 is 0 Å². The monoisotopic (exact) mass is 310 g/mol. The number of hydrogen-bond donors (Lipinski definition) is 1. The molecule has 0 fully saturated rings. The number of hydrogen-bond acceptors (Lipinski definition) is 1. The summed E-state index contributed by atoms with van der Waals surface area (Å²) in [6.45, 7) is 4.16. The van der Waals surface area contributed by atoms with Gasteiger partial charge in [0, 0.05) is 0 Å². The van der Waals surface area contributed by atoms with Gasteiger partial charge in [0.2, 0.25) is 0 Å². The van der Waals surface area contributed by atoms with Crippen molar-refractivity contribution in [3.8, 4) is 0 Å². The van der Waals surface area contributed by atoms with Gasteiger partial charge in [-0.05, 0) is 39.0 Å². The van der Waals surface area contributed by atoms with E-state index in [9.17, 15) is 5.11 Å². The van der Waals surface area contributed by atoms with Gasteiger partial charge in [0.1, 0.15) is 0 Å². The van der Waals surface area contributed by atoms with E-state index in [1.807, 2.05) is 6.92 Å². The van der Waals surface area contributed by atoms with Crippen molar-refractivity contribution in [1.82, 2.24) is 0 Å². The molecule has 0 aliphatic carbocycles. The summed E-state index contributed by atoms with van der Waals surface area (Å²) in [5, 5.41) is 9.17. The second-order valence-electron chi connectivity index (χ2n) is 6.93. The van der Waals surface area contributed by atoms with E-state index < -0.39 is 0 Å². The molecule has 0 aromatic rings. The Hall–Kier alpha value is -0.300. The first-order valence-electron chi connectivity index (χ1n) is 10.1. The van der Waals surface area contributed by atoms with E-state index in [1.54, 1.807) is 0 Å². The van der Waals surface area contributed by atoms with Crippen molar-refractivity contribution < 1.29 is 5.11 Å². The van der Waals surface area contributed by atoms with Crippen LogP contribution in [0.15, 0.2) is 12.2 Å². The fourth-order valence-electron chi connectivity index (χ4n) is 2.86. The molecule has 1 atom stereocenters. The van der Waals surface area contributed by atoms with Gasteiger partial charge in [-0.1, -0.05) is 89.7 Å². The standard InChI is InChI=1S/C21H42O/c1-3-4-5-6-7-8-9-10-11-12-13-14-15-16-17-18-19-20-21(2)22/h7-8,21-22H,3-6,9-20H2,1-2H3/b8-7-. The highest BCUT2D eigenvalue weighted by Gasteiger charge is 1.96. The Labute approximate surface area is 140 Å². The Balaban J connectivity index is 3.02. The zero-order valence-corrected chi connectivity index (χ0v) is 15.5. The van der Waals surface area contributed by atoms with E-state index in [2.05, 4.69) is 19.1 Å². The molecule has 0 saturated carbocycles. The quantitative estimate of drug-likeness (QED) is 0.223. The van der Waals surface area contributed by atoms with Crippen LogP contribution >= 0.6 is 0 Å². The van der Waals surface area contributed by atoms with Crippen LogP contribution in [0, 0.1) is 0 Å². The smallest absolute Gasteiger partial charge is 0.0512 e. The minimum Gasteiger partial charge on any atom is -0.393 e. The Morgan fingerprint density at radius 1 is 0.636 bits per heavy atom. The molecule has 0 rings (SSSR count). The molecule has 1 unspecified atom stereocenters. The van der Waals surface area contributed by atoms with Crippen LogP contribution in [-0.2, 0) is 0 Å². The minimum atomic E-state index is -0.105. The summed E-state index contributed by atoms with van der Waals surface area (Å²) in [7, 11) is 0. The molecule has 1 nitrogen and oxygen atoms in total.